The van der Waals surface area contributed by atoms with Gasteiger partial charge in [0.2, 0.25) is 0 Å². The van der Waals surface area contributed by atoms with Gasteiger partial charge in [-0.1, -0.05) is 24.3 Å². The van der Waals surface area contributed by atoms with Crippen molar-refractivity contribution in [2.75, 3.05) is 40.3 Å². The normalized spacial score (nSPS) is 15.4. The van der Waals surface area contributed by atoms with Crippen molar-refractivity contribution < 1.29 is 4.74 Å². The summed E-state index contributed by atoms with van der Waals surface area (Å²) in [5.74, 6) is 1.67. The van der Waals surface area contributed by atoms with Crippen molar-refractivity contribution in [1.29, 1.82) is 0 Å². The van der Waals surface area contributed by atoms with Gasteiger partial charge in [-0.25, -0.2) is 14.3 Å². The molecule has 0 saturated carbocycles. The van der Waals surface area contributed by atoms with E-state index in [1.54, 1.807) is 7.11 Å². The lowest BCUT2D eigenvalue weighted by atomic mass is 10.1. The molecule has 1 aliphatic rings. The van der Waals surface area contributed by atoms with Crippen LogP contribution in [0, 0.1) is 0 Å². The van der Waals surface area contributed by atoms with Crippen LogP contribution < -0.4 is 4.74 Å². The van der Waals surface area contributed by atoms with Crippen molar-refractivity contribution in [2.45, 2.75) is 4.90 Å². The van der Waals surface area contributed by atoms with E-state index >= 15 is 0 Å². The van der Waals surface area contributed by atoms with Crippen molar-refractivity contribution in [3.8, 4) is 28.3 Å². The summed E-state index contributed by atoms with van der Waals surface area (Å²) in [4.78, 5) is 16.3. The average molecular weight is 432 g/mol. The zero-order chi connectivity index (χ0) is 21.2. The van der Waals surface area contributed by atoms with Crippen LogP contribution in [0.3, 0.4) is 0 Å². The van der Waals surface area contributed by atoms with Crippen molar-refractivity contribution in [3.63, 3.8) is 0 Å². The number of H-pyrrole nitrogens is 1. The lowest BCUT2D eigenvalue weighted by molar-refractivity contribution is 0.233. The van der Waals surface area contributed by atoms with E-state index in [2.05, 4.69) is 62.6 Å². The molecule has 5 rings (SSSR count). The molecular weight excluding hydrogens is 406 g/mol. The van der Waals surface area contributed by atoms with Crippen LogP contribution in [0.4, 0.5) is 0 Å². The molecule has 1 aliphatic heterocycles. The Bertz CT molecular complexity index is 1170. The molecule has 0 radical (unpaired) electrons. The summed E-state index contributed by atoms with van der Waals surface area (Å²) >= 11 is 1.83. The number of fused-ring (bicyclic) bond motifs is 1. The number of methoxy groups -OCH3 is 1. The first-order valence-corrected chi connectivity index (χ1v) is 11.2. The molecule has 0 spiro atoms. The first kappa shape index (κ1) is 20.1. The summed E-state index contributed by atoms with van der Waals surface area (Å²) in [6.07, 6.45) is 1.81. The topological polar surface area (TPSA) is 57.3 Å². The largest absolute Gasteiger partial charge is 0.497 e. The van der Waals surface area contributed by atoms with Crippen LogP contribution in [0.1, 0.15) is 0 Å². The number of hydrogen-bond donors (Lipinski definition) is 1. The Morgan fingerprint density at radius 3 is 2.32 bits per heavy atom. The Morgan fingerprint density at radius 2 is 1.61 bits per heavy atom. The highest BCUT2D eigenvalue weighted by atomic mass is 32.2. The number of imidazole rings is 1. The zero-order valence-electron chi connectivity index (χ0n) is 17.7. The third-order valence-electron chi connectivity index (χ3n) is 5.62. The third-order valence-corrected chi connectivity index (χ3v) is 6.72. The molecule has 0 unspecified atom stereocenters. The van der Waals surface area contributed by atoms with E-state index in [1.807, 2.05) is 36.3 Å². The molecule has 1 fully saturated rings. The first-order chi connectivity index (χ1) is 15.2. The summed E-state index contributed by atoms with van der Waals surface area (Å²) in [6, 6.07) is 18.7. The number of pyridine rings is 1. The minimum absolute atomic E-state index is 0.721. The SMILES string of the molecule is COc1ccc(-c2ccnc3nc(-c4ccc(SN5CCN(C)CC5)cc4)[nH]c23)cc1. The quantitative estimate of drug-likeness (QED) is 0.468. The maximum atomic E-state index is 5.28. The number of benzene rings is 2. The number of nitrogens with one attached hydrogen (secondary N) is 1. The van der Waals surface area contributed by atoms with Gasteiger partial charge in [-0.2, -0.15) is 0 Å². The van der Waals surface area contributed by atoms with Gasteiger partial charge in [-0.05, 0) is 54.9 Å². The molecule has 0 bridgehead atoms. The van der Waals surface area contributed by atoms with E-state index in [0.29, 0.717) is 0 Å². The van der Waals surface area contributed by atoms with Crippen LogP contribution in [0.25, 0.3) is 33.7 Å². The van der Waals surface area contributed by atoms with Crippen molar-refractivity contribution in [1.82, 2.24) is 24.2 Å². The molecule has 158 valence electrons. The lowest BCUT2D eigenvalue weighted by Gasteiger charge is -2.31. The molecule has 4 aromatic rings. The van der Waals surface area contributed by atoms with Crippen molar-refractivity contribution >= 4 is 23.1 Å². The Hall–Kier alpha value is -2.87. The van der Waals surface area contributed by atoms with Crippen LogP contribution in [0.5, 0.6) is 5.75 Å². The lowest BCUT2D eigenvalue weighted by Crippen LogP contribution is -2.40. The second kappa shape index (κ2) is 8.70. The minimum Gasteiger partial charge on any atom is -0.497 e. The number of piperazine rings is 1. The molecule has 0 aliphatic carbocycles. The second-order valence-corrected chi connectivity index (χ2v) is 8.89. The number of nitrogens with zero attached hydrogens (tertiary/aromatic N) is 4. The maximum absolute atomic E-state index is 5.28. The zero-order valence-corrected chi connectivity index (χ0v) is 18.5. The fourth-order valence-electron chi connectivity index (χ4n) is 3.76. The van der Waals surface area contributed by atoms with Gasteiger partial charge in [-0.15, -0.1) is 0 Å². The van der Waals surface area contributed by atoms with Crippen molar-refractivity contribution in [2.24, 2.45) is 0 Å². The van der Waals surface area contributed by atoms with Gasteiger partial charge in [0.15, 0.2) is 5.65 Å². The molecule has 7 heteroatoms. The van der Waals surface area contributed by atoms with Gasteiger partial charge >= 0.3 is 0 Å². The highest BCUT2D eigenvalue weighted by Gasteiger charge is 2.15. The Kier molecular flexibility index (Phi) is 5.63. The molecule has 0 amide bonds. The van der Waals surface area contributed by atoms with E-state index in [1.165, 1.54) is 4.90 Å². The van der Waals surface area contributed by atoms with E-state index in [0.717, 1.165) is 65.6 Å². The van der Waals surface area contributed by atoms with Crippen LogP contribution in [-0.4, -0.2) is 64.5 Å². The van der Waals surface area contributed by atoms with Gasteiger partial charge in [0.25, 0.3) is 0 Å². The van der Waals surface area contributed by atoms with Gasteiger partial charge in [0.1, 0.15) is 11.6 Å². The monoisotopic (exact) mass is 431 g/mol. The molecular formula is C24H25N5OS. The van der Waals surface area contributed by atoms with E-state index < -0.39 is 0 Å². The summed E-state index contributed by atoms with van der Waals surface area (Å²) in [5, 5.41) is 0. The molecule has 1 saturated heterocycles. The molecule has 1 N–H and O–H groups in total. The standard InChI is InChI=1S/C24H25N5OS/c1-28-13-15-29(16-14-28)31-20-9-5-18(6-10-20)23-26-22-21(11-12-25-24(22)27-23)17-3-7-19(30-2)8-4-17/h3-12H,13-16H2,1-2H3,(H,25,26,27). The van der Waals surface area contributed by atoms with Crippen LogP contribution in [-0.2, 0) is 0 Å². The number of ether oxygens (including phenoxy) is 1. The molecule has 3 heterocycles. The highest BCUT2D eigenvalue weighted by molar-refractivity contribution is 7.97. The van der Waals surface area contributed by atoms with E-state index in [4.69, 9.17) is 9.72 Å². The van der Waals surface area contributed by atoms with Gasteiger partial charge in [0, 0.05) is 48.4 Å². The fraction of sp³-hybridized carbons (Fsp3) is 0.250. The van der Waals surface area contributed by atoms with E-state index in [-0.39, 0.29) is 0 Å². The van der Waals surface area contributed by atoms with E-state index in [9.17, 15) is 0 Å². The third kappa shape index (κ3) is 4.30. The first-order valence-electron chi connectivity index (χ1n) is 10.4. The summed E-state index contributed by atoms with van der Waals surface area (Å²) in [5.41, 5.74) is 4.90. The van der Waals surface area contributed by atoms with Crippen LogP contribution >= 0.6 is 11.9 Å². The number of aromatic nitrogens is 3. The molecule has 2 aromatic heterocycles. The summed E-state index contributed by atoms with van der Waals surface area (Å²) in [6.45, 7) is 4.42. The number of hydrogen-bond acceptors (Lipinski definition) is 6. The number of aromatic amines is 1. The molecule has 2 aromatic carbocycles. The summed E-state index contributed by atoms with van der Waals surface area (Å²) in [7, 11) is 3.86. The van der Waals surface area contributed by atoms with Gasteiger partial charge in [-0.3, -0.25) is 0 Å². The number of likely N-dealkylation sites (N-methyl/N-ethyl adjacent to an activating group) is 1. The van der Waals surface area contributed by atoms with Crippen molar-refractivity contribution in [3.05, 3.63) is 60.8 Å². The predicted octanol–water partition coefficient (Wildman–Crippen LogP) is 4.56. The Balaban J connectivity index is 1.39. The fourth-order valence-corrected chi connectivity index (χ4v) is 4.66. The minimum atomic E-state index is 0.721. The molecule has 6 nitrogen and oxygen atoms in total. The number of rotatable bonds is 5. The maximum Gasteiger partial charge on any atom is 0.178 e. The smallest absolute Gasteiger partial charge is 0.178 e. The molecule has 0 atom stereocenters. The van der Waals surface area contributed by atoms with Gasteiger partial charge < -0.3 is 14.6 Å². The summed E-state index contributed by atoms with van der Waals surface area (Å²) < 4.78 is 7.71. The Labute approximate surface area is 186 Å². The van der Waals surface area contributed by atoms with Crippen LogP contribution in [0.2, 0.25) is 0 Å². The predicted molar refractivity (Wildman–Crippen MR) is 126 cm³/mol. The molecule has 31 heavy (non-hydrogen) atoms. The highest BCUT2D eigenvalue weighted by Crippen LogP contribution is 2.31. The average Bonchev–Trinajstić information content (AvgIpc) is 3.26. The van der Waals surface area contributed by atoms with Gasteiger partial charge in [0.05, 0.1) is 12.6 Å². The second-order valence-electron chi connectivity index (χ2n) is 7.72. The van der Waals surface area contributed by atoms with Crippen LogP contribution in [0.15, 0.2) is 65.7 Å². The Morgan fingerprint density at radius 1 is 0.903 bits per heavy atom.